The monoisotopic (exact) mass is 186 g/mol. The van der Waals surface area contributed by atoms with Gasteiger partial charge in [0.15, 0.2) is 0 Å². The second-order valence-corrected chi connectivity index (χ2v) is 4.13. The Labute approximate surface area is 87.4 Å². The lowest BCUT2D eigenvalue weighted by molar-refractivity contribution is 0.556. The summed E-state index contributed by atoms with van der Waals surface area (Å²) in [5.74, 6) is 3.43. The van der Waals surface area contributed by atoms with Crippen LogP contribution < -0.4 is 0 Å². The van der Waals surface area contributed by atoms with Crippen LogP contribution in [-0.4, -0.2) is 0 Å². The van der Waals surface area contributed by atoms with E-state index in [4.69, 9.17) is 6.42 Å². The highest BCUT2D eigenvalue weighted by molar-refractivity contribution is 5.34. The molecule has 0 heteroatoms. The highest BCUT2D eigenvalue weighted by Gasteiger charge is 1.96. The Morgan fingerprint density at radius 2 is 1.86 bits per heavy atom. The van der Waals surface area contributed by atoms with Crippen LogP contribution >= 0.6 is 0 Å². The third-order valence-corrected chi connectivity index (χ3v) is 2.37. The predicted molar refractivity (Wildman–Crippen MR) is 62.2 cm³/mol. The lowest BCUT2D eigenvalue weighted by Crippen LogP contribution is -1.90. The molecule has 14 heavy (non-hydrogen) atoms. The minimum absolute atomic E-state index is 0.806. The van der Waals surface area contributed by atoms with Crippen molar-refractivity contribution >= 4 is 0 Å². The maximum absolute atomic E-state index is 5.29. The van der Waals surface area contributed by atoms with Crippen molar-refractivity contribution in [3.05, 3.63) is 35.4 Å². The van der Waals surface area contributed by atoms with Crippen LogP contribution in [-0.2, 0) is 6.42 Å². The molecule has 0 radical (unpaired) electrons. The minimum atomic E-state index is 0.806. The quantitative estimate of drug-likeness (QED) is 0.630. The Morgan fingerprint density at radius 3 is 2.36 bits per heavy atom. The second-order valence-electron chi connectivity index (χ2n) is 4.13. The number of benzene rings is 1. The molecule has 0 saturated carbocycles. The Balaban J connectivity index is 2.41. The molecule has 0 aliphatic carbocycles. The van der Waals surface area contributed by atoms with Crippen molar-refractivity contribution in [3.63, 3.8) is 0 Å². The lowest BCUT2D eigenvalue weighted by Gasteiger charge is -2.04. The number of terminal acetylenes is 1. The van der Waals surface area contributed by atoms with Crippen molar-refractivity contribution < 1.29 is 0 Å². The average Bonchev–Trinajstić information content (AvgIpc) is 2.18. The molecule has 0 fully saturated rings. The molecule has 74 valence electrons. The maximum atomic E-state index is 5.29. The number of hydrogen-bond acceptors (Lipinski definition) is 0. The van der Waals surface area contributed by atoms with E-state index in [0.717, 1.165) is 11.5 Å². The Hall–Kier alpha value is -1.22. The zero-order valence-corrected chi connectivity index (χ0v) is 9.09. The van der Waals surface area contributed by atoms with Gasteiger partial charge in [-0.25, -0.2) is 0 Å². The van der Waals surface area contributed by atoms with E-state index in [9.17, 15) is 0 Å². The average molecular weight is 186 g/mol. The fourth-order valence-electron chi connectivity index (χ4n) is 1.48. The molecule has 0 aromatic heterocycles. The summed E-state index contributed by atoms with van der Waals surface area (Å²) in [5, 5.41) is 0. The molecule has 0 amide bonds. The van der Waals surface area contributed by atoms with Gasteiger partial charge in [0.2, 0.25) is 0 Å². The predicted octanol–water partition coefficient (Wildman–Crippen LogP) is 3.65. The molecular formula is C14H18. The highest BCUT2D eigenvalue weighted by Crippen LogP contribution is 2.10. The SMILES string of the molecule is C#Cc1ccc(CCCC(C)C)cc1. The molecule has 0 heterocycles. The van der Waals surface area contributed by atoms with E-state index >= 15 is 0 Å². The summed E-state index contributed by atoms with van der Waals surface area (Å²) in [5.41, 5.74) is 2.36. The third kappa shape index (κ3) is 3.66. The van der Waals surface area contributed by atoms with Crippen molar-refractivity contribution in [1.29, 1.82) is 0 Å². The van der Waals surface area contributed by atoms with Gasteiger partial charge in [-0.1, -0.05) is 38.3 Å². The van der Waals surface area contributed by atoms with E-state index in [0.29, 0.717) is 0 Å². The number of rotatable bonds is 4. The fraction of sp³-hybridized carbons (Fsp3) is 0.429. The topological polar surface area (TPSA) is 0 Å². The van der Waals surface area contributed by atoms with Crippen LogP contribution in [0.3, 0.4) is 0 Å². The smallest absolute Gasteiger partial charge is 0.0242 e. The summed E-state index contributed by atoms with van der Waals surface area (Å²) in [6.07, 6.45) is 9.03. The van der Waals surface area contributed by atoms with Gasteiger partial charge in [0.1, 0.15) is 0 Å². The summed E-state index contributed by atoms with van der Waals surface area (Å²) < 4.78 is 0. The Kier molecular flexibility index (Phi) is 4.26. The summed E-state index contributed by atoms with van der Waals surface area (Å²) >= 11 is 0. The Bertz CT molecular complexity index is 298. The van der Waals surface area contributed by atoms with Gasteiger partial charge in [-0.3, -0.25) is 0 Å². The van der Waals surface area contributed by atoms with Crippen molar-refractivity contribution in [2.45, 2.75) is 33.1 Å². The molecule has 0 saturated heterocycles. The van der Waals surface area contributed by atoms with Gasteiger partial charge in [-0.15, -0.1) is 6.42 Å². The van der Waals surface area contributed by atoms with Crippen LogP contribution in [0.15, 0.2) is 24.3 Å². The molecular weight excluding hydrogens is 168 g/mol. The summed E-state index contributed by atoms with van der Waals surface area (Å²) in [6.45, 7) is 4.53. The van der Waals surface area contributed by atoms with Crippen LogP contribution in [0.5, 0.6) is 0 Å². The largest absolute Gasteiger partial charge is 0.115 e. The van der Waals surface area contributed by atoms with Crippen LogP contribution in [0.1, 0.15) is 37.8 Å². The zero-order chi connectivity index (χ0) is 10.4. The molecule has 0 bridgehead atoms. The van der Waals surface area contributed by atoms with Crippen molar-refractivity contribution in [1.82, 2.24) is 0 Å². The molecule has 0 spiro atoms. The van der Waals surface area contributed by atoms with E-state index in [1.165, 1.54) is 24.8 Å². The van der Waals surface area contributed by atoms with E-state index < -0.39 is 0 Å². The highest BCUT2D eigenvalue weighted by atomic mass is 14.0. The van der Waals surface area contributed by atoms with Gasteiger partial charge in [0.25, 0.3) is 0 Å². The lowest BCUT2D eigenvalue weighted by atomic mass is 10.0. The fourth-order valence-corrected chi connectivity index (χ4v) is 1.48. The first kappa shape index (κ1) is 10.9. The van der Waals surface area contributed by atoms with Gasteiger partial charge >= 0.3 is 0 Å². The standard InChI is InChI=1S/C14H18/c1-4-13-8-10-14(11-9-13)7-5-6-12(2)3/h1,8-12H,5-7H2,2-3H3. The first-order chi connectivity index (χ1) is 6.72. The number of hydrogen-bond donors (Lipinski definition) is 0. The van der Waals surface area contributed by atoms with E-state index in [1.807, 2.05) is 12.1 Å². The summed E-state index contributed by atoms with van der Waals surface area (Å²) in [6, 6.07) is 8.31. The van der Waals surface area contributed by atoms with Gasteiger partial charge in [-0.2, -0.15) is 0 Å². The van der Waals surface area contributed by atoms with Crippen LogP contribution in [0, 0.1) is 18.3 Å². The second kappa shape index (κ2) is 5.50. The van der Waals surface area contributed by atoms with Crippen molar-refractivity contribution in [2.24, 2.45) is 5.92 Å². The number of aryl methyl sites for hydroxylation is 1. The summed E-state index contributed by atoms with van der Waals surface area (Å²) in [4.78, 5) is 0. The molecule has 1 rings (SSSR count). The normalized spacial score (nSPS) is 10.1. The molecule has 0 unspecified atom stereocenters. The van der Waals surface area contributed by atoms with Crippen LogP contribution in [0.25, 0.3) is 0 Å². The summed E-state index contributed by atoms with van der Waals surface area (Å²) in [7, 11) is 0. The molecule has 0 aliphatic heterocycles. The van der Waals surface area contributed by atoms with Crippen molar-refractivity contribution in [3.8, 4) is 12.3 Å². The van der Waals surface area contributed by atoms with Gasteiger partial charge in [0, 0.05) is 5.56 Å². The van der Waals surface area contributed by atoms with E-state index in [2.05, 4.69) is 31.9 Å². The Morgan fingerprint density at radius 1 is 1.21 bits per heavy atom. The van der Waals surface area contributed by atoms with E-state index in [-0.39, 0.29) is 0 Å². The zero-order valence-electron chi connectivity index (χ0n) is 9.09. The first-order valence-corrected chi connectivity index (χ1v) is 5.28. The first-order valence-electron chi connectivity index (χ1n) is 5.28. The van der Waals surface area contributed by atoms with Gasteiger partial charge < -0.3 is 0 Å². The maximum Gasteiger partial charge on any atom is 0.0242 e. The van der Waals surface area contributed by atoms with E-state index in [1.54, 1.807) is 0 Å². The van der Waals surface area contributed by atoms with Gasteiger partial charge in [0.05, 0.1) is 0 Å². The molecule has 0 atom stereocenters. The van der Waals surface area contributed by atoms with Crippen LogP contribution in [0.2, 0.25) is 0 Å². The van der Waals surface area contributed by atoms with Gasteiger partial charge in [-0.05, 0) is 36.5 Å². The minimum Gasteiger partial charge on any atom is -0.115 e. The van der Waals surface area contributed by atoms with Crippen LogP contribution in [0.4, 0.5) is 0 Å². The molecule has 1 aromatic rings. The molecule has 0 aliphatic rings. The molecule has 0 N–H and O–H groups in total. The molecule has 1 aromatic carbocycles. The third-order valence-electron chi connectivity index (χ3n) is 2.37. The van der Waals surface area contributed by atoms with Crippen molar-refractivity contribution in [2.75, 3.05) is 0 Å². The molecule has 0 nitrogen and oxygen atoms in total.